The van der Waals surface area contributed by atoms with Crippen LogP contribution in [0.5, 0.6) is 5.75 Å². The van der Waals surface area contributed by atoms with Gasteiger partial charge < -0.3 is 13.9 Å². The van der Waals surface area contributed by atoms with Gasteiger partial charge >= 0.3 is 5.97 Å². The number of carbonyl (C=O) groups is 2. The number of benzene rings is 3. The fourth-order valence-electron chi connectivity index (χ4n) is 4.81. The van der Waals surface area contributed by atoms with Gasteiger partial charge in [-0.15, -0.1) is 0 Å². The third kappa shape index (κ3) is 4.63. The first kappa shape index (κ1) is 27.8. The zero-order valence-electron chi connectivity index (χ0n) is 22.8. The molecule has 37 heavy (non-hydrogen) atoms. The van der Waals surface area contributed by atoms with E-state index in [9.17, 15) is 9.59 Å². The van der Waals surface area contributed by atoms with Gasteiger partial charge in [-0.25, -0.2) is 4.79 Å². The van der Waals surface area contributed by atoms with Crippen LogP contribution in [0.3, 0.4) is 0 Å². The van der Waals surface area contributed by atoms with Gasteiger partial charge in [0, 0.05) is 20.9 Å². The van der Waals surface area contributed by atoms with Crippen LogP contribution in [0.15, 0.2) is 42.5 Å². The van der Waals surface area contributed by atoms with E-state index in [0.29, 0.717) is 33.6 Å². The van der Waals surface area contributed by atoms with Crippen molar-refractivity contribution in [3.63, 3.8) is 0 Å². The zero-order chi connectivity index (χ0) is 27.3. The number of rotatable bonds is 7. The summed E-state index contributed by atoms with van der Waals surface area (Å²) in [5, 5.41) is 1.75. The first-order valence-corrected chi connectivity index (χ1v) is 16.9. The Labute approximate surface area is 234 Å². The fourth-order valence-corrected chi connectivity index (χ4v) is 6.62. The third-order valence-corrected chi connectivity index (χ3v) is 13.7. The van der Waals surface area contributed by atoms with Crippen LogP contribution < -0.4 is 4.74 Å². The van der Waals surface area contributed by atoms with Gasteiger partial charge in [0.05, 0.1) is 31.5 Å². The van der Waals surface area contributed by atoms with Crippen molar-refractivity contribution >= 4 is 53.4 Å². The van der Waals surface area contributed by atoms with Crippen molar-refractivity contribution < 1.29 is 23.5 Å². The van der Waals surface area contributed by atoms with Crippen LogP contribution >= 0.6 is 22.6 Å². The van der Waals surface area contributed by atoms with Gasteiger partial charge in [0.25, 0.3) is 0 Å². The molecule has 3 aromatic rings. The molecule has 0 unspecified atom stereocenters. The Morgan fingerprint density at radius 2 is 1.70 bits per heavy atom. The lowest BCUT2D eigenvalue weighted by molar-refractivity contribution is 0.0601. The van der Waals surface area contributed by atoms with Crippen molar-refractivity contribution in [2.24, 2.45) is 5.92 Å². The summed E-state index contributed by atoms with van der Waals surface area (Å²) >= 11 is 2.42. The summed E-state index contributed by atoms with van der Waals surface area (Å²) in [6.07, 6.45) is -0.148. The normalized spacial score (nSPS) is 14.8. The minimum Gasteiger partial charge on any atom is -0.496 e. The maximum Gasteiger partial charge on any atom is 0.338 e. The molecule has 0 bridgehead atoms. The van der Waals surface area contributed by atoms with Crippen LogP contribution in [0.25, 0.3) is 21.9 Å². The smallest absolute Gasteiger partial charge is 0.338 e. The van der Waals surface area contributed by atoms with E-state index < -0.39 is 14.3 Å². The molecule has 7 heteroatoms. The topological polar surface area (TPSA) is 61.8 Å². The summed E-state index contributed by atoms with van der Waals surface area (Å²) in [4.78, 5) is 26.8. The molecule has 5 nitrogen and oxygen atoms in total. The molecule has 0 spiro atoms. The summed E-state index contributed by atoms with van der Waals surface area (Å²) in [6, 6.07) is 13.2. The molecule has 0 saturated heterocycles. The van der Waals surface area contributed by atoms with Gasteiger partial charge in [-0.3, -0.25) is 4.79 Å². The van der Waals surface area contributed by atoms with Gasteiger partial charge in [0.1, 0.15) is 5.75 Å². The van der Waals surface area contributed by atoms with E-state index in [2.05, 4.69) is 63.4 Å². The zero-order valence-corrected chi connectivity index (χ0v) is 26.0. The average molecular weight is 631 g/mol. The van der Waals surface area contributed by atoms with Gasteiger partial charge in [0.2, 0.25) is 0 Å². The Morgan fingerprint density at radius 1 is 1.00 bits per heavy atom. The van der Waals surface area contributed by atoms with E-state index in [1.165, 1.54) is 7.11 Å². The summed E-state index contributed by atoms with van der Waals surface area (Å²) < 4.78 is 18.7. The molecule has 0 heterocycles. The number of hydrogen-bond donors (Lipinski definition) is 0. The number of ether oxygens (including phenoxy) is 2. The third-order valence-electron chi connectivity index (χ3n) is 7.90. The quantitative estimate of drug-likeness (QED) is 0.0897. The molecule has 0 fully saturated rings. The SMILES string of the molecule is COC(=O)c1ccc2c([C@@H](O[Si](C)(C)C(C)(C)C)[C@H](C)CI)ccc3c2c1-c1cccc(OC)c1C3=O. The van der Waals surface area contributed by atoms with Gasteiger partial charge in [-0.1, -0.05) is 74.6 Å². The summed E-state index contributed by atoms with van der Waals surface area (Å²) in [5.41, 5.74) is 3.90. The Kier molecular flexibility index (Phi) is 7.62. The molecule has 3 aromatic carbocycles. The molecular formula is C30H35IO5Si. The van der Waals surface area contributed by atoms with E-state index in [0.717, 1.165) is 20.8 Å². The van der Waals surface area contributed by atoms with Crippen molar-refractivity contribution in [2.75, 3.05) is 18.6 Å². The van der Waals surface area contributed by atoms with Crippen LogP contribution in [-0.4, -0.2) is 38.7 Å². The van der Waals surface area contributed by atoms with E-state index in [-0.39, 0.29) is 22.8 Å². The van der Waals surface area contributed by atoms with Gasteiger partial charge in [-0.2, -0.15) is 0 Å². The standard InChI is InChI=1S/C30H35IO5Si/c1-17(16-31)28(36-37(7,8)30(2,3)4)19-13-14-21-24-18(19)12-15-22(29(33)35-6)25(24)20-10-9-11-23(34-5)26(20)27(21)32/h9-15,17,28H,16H2,1-8H3/t17-,28+/m1/s1. The first-order chi connectivity index (χ1) is 17.4. The van der Waals surface area contributed by atoms with Crippen molar-refractivity contribution in [2.45, 2.75) is 51.9 Å². The number of esters is 1. The number of ketones is 1. The van der Waals surface area contributed by atoms with Crippen molar-refractivity contribution in [1.29, 1.82) is 0 Å². The highest BCUT2D eigenvalue weighted by Crippen LogP contribution is 2.48. The number of fused-ring (bicyclic) bond motifs is 2. The highest BCUT2D eigenvalue weighted by atomic mass is 127. The average Bonchev–Trinajstić information content (AvgIpc) is 2.87. The van der Waals surface area contributed by atoms with Crippen molar-refractivity contribution in [3.8, 4) is 16.9 Å². The largest absolute Gasteiger partial charge is 0.496 e. The summed E-state index contributed by atoms with van der Waals surface area (Å²) in [7, 11) is 0.813. The number of alkyl halides is 1. The molecular weight excluding hydrogens is 595 g/mol. The lowest BCUT2D eigenvalue weighted by Gasteiger charge is -2.41. The molecule has 0 saturated carbocycles. The second-order valence-electron chi connectivity index (χ2n) is 11.2. The lowest BCUT2D eigenvalue weighted by atomic mass is 9.78. The molecule has 4 rings (SSSR count). The predicted octanol–water partition coefficient (Wildman–Crippen LogP) is 7.98. The fraction of sp³-hybridized carbons (Fsp3) is 0.400. The van der Waals surface area contributed by atoms with Crippen molar-refractivity contribution in [1.82, 2.24) is 0 Å². The van der Waals surface area contributed by atoms with Gasteiger partial charge in [-0.05, 0) is 58.8 Å². The minimum absolute atomic E-state index is 0.0477. The molecule has 0 aliphatic heterocycles. The van der Waals surface area contributed by atoms with Gasteiger partial charge in [0.15, 0.2) is 14.1 Å². The molecule has 0 aromatic heterocycles. The first-order valence-electron chi connectivity index (χ1n) is 12.5. The van der Waals surface area contributed by atoms with E-state index in [1.54, 1.807) is 13.2 Å². The predicted molar refractivity (Wildman–Crippen MR) is 160 cm³/mol. The number of carbonyl (C=O) groups excluding carboxylic acids is 2. The highest BCUT2D eigenvalue weighted by molar-refractivity contribution is 14.1. The molecule has 0 amide bonds. The molecule has 196 valence electrons. The van der Waals surface area contributed by atoms with Crippen LogP contribution in [-0.2, 0) is 9.16 Å². The van der Waals surface area contributed by atoms with Crippen molar-refractivity contribution in [3.05, 3.63) is 64.7 Å². The number of hydrogen-bond acceptors (Lipinski definition) is 5. The monoisotopic (exact) mass is 630 g/mol. The Bertz CT molecular complexity index is 1390. The number of methoxy groups -OCH3 is 2. The maximum absolute atomic E-state index is 13.8. The lowest BCUT2D eigenvalue weighted by Crippen LogP contribution is -2.43. The molecule has 0 radical (unpaired) electrons. The summed E-state index contributed by atoms with van der Waals surface area (Å²) in [5.74, 6) is 0.189. The highest BCUT2D eigenvalue weighted by Gasteiger charge is 2.41. The summed E-state index contributed by atoms with van der Waals surface area (Å²) in [6.45, 7) is 13.5. The molecule has 0 N–H and O–H groups in total. The van der Waals surface area contributed by atoms with Crippen LogP contribution in [0.1, 0.15) is 65.6 Å². The van der Waals surface area contributed by atoms with E-state index in [4.69, 9.17) is 13.9 Å². The van der Waals surface area contributed by atoms with Crippen LogP contribution in [0.4, 0.5) is 0 Å². The van der Waals surface area contributed by atoms with E-state index in [1.807, 2.05) is 36.4 Å². The van der Waals surface area contributed by atoms with E-state index >= 15 is 0 Å². The molecule has 1 aliphatic rings. The second-order valence-corrected chi connectivity index (χ2v) is 16.9. The maximum atomic E-state index is 13.8. The Balaban J connectivity index is 2.08. The Morgan fingerprint density at radius 3 is 2.30 bits per heavy atom. The minimum atomic E-state index is -2.12. The van der Waals surface area contributed by atoms with Crippen LogP contribution in [0, 0.1) is 5.92 Å². The molecule has 1 aliphatic carbocycles. The molecule has 2 atom stereocenters. The number of halogens is 1. The second kappa shape index (κ2) is 10.1. The van der Waals surface area contributed by atoms with Crippen LogP contribution in [0.2, 0.25) is 18.1 Å². The Hall–Kier alpha value is -2.23.